The van der Waals surface area contributed by atoms with E-state index in [-0.39, 0.29) is 5.56 Å². The summed E-state index contributed by atoms with van der Waals surface area (Å²) in [6.07, 6.45) is 0. The van der Waals surface area contributed by atoms with Gasteiger partial charge in [0.1, 0.15) is 0 Å². The molecule has 0 aliphatic rings. The summed E-state index contributed by atoms with van der Waals surface area (Å²) >= 11 is 5.99. The lowest BCUT2D eigenvalue weighted by Gasteiger charge is -2.19. The van der Waals surface area contributed by atoms with E-state index in [9.17, 15) is 4.79 Å². The number of para-hydroxylation sites is 2. The SMILES string of the molecule is Cc1ccc(-c2cc(-c3ccccc3)nc3c2c(=O)n(-c2ccccc2)c(=S)n3-c2ccccc2)cc1. The van der Waals surface area contributed by atoms with Crippen molar-refractivity contribution >= 4 is 23.3 Å². The zero-order valence-corrected chi connectivity index (χ0v) is 21.0. The predicted molar refractivity (Wildman–Crippen MR) is 153 cm³/mol. The van der Waals surface area contributed by atoms with Crippen LogP contribution in [0.2, 0.25) is 0 Å². The molecule has 2 heterocycles. The molecule has 0 saturated carbocycles. The van der Waals surface area contributed by atoms with Gasteiger partial charge in [0.05, 0.1) is 16.8 Å². The summed E-state index contributed by atoms with van der Waals surface area (Å²) in [4.78, 5) is 19.4. The van der Waals surface area contributed by atoms with Crippen molar-refractivity contribution in [2.75, 3.05) is 0 Å². The normalized spacial score (nSPS) is 11.1. The standard InChI is InChI=1S/C32H23N3OS/c1-22-17-19-23(20-18-22)27-21-28(24-11-5-2-6-12-24)33-30-29(27)31(36)35(26-15-9-4-10-16-26)32(37)34(30)25-13-7-3-8-14-25/h2-21H,1H3. The minimum atomic E-state index is -0.193. The van der Waals surface area contributed by atoms with Crippen LogP contribution in [-0.2, 0) is 0 Å². The van der Waals surface area contributed by atoms with Gasteiger partial charge in [0.25, 0.3) is 5.56 Å². The maximum absolute atomic E-state index is 14.3. The minimum absolute atomic E-state index is 0.193. The van der Waals surface area contributed by atoms with E-state index in [2.05, 4.69) is 31.2 Å². The first-order valence-corrected chi connectivity index (χ1v) is 12.5. The predicted octanol–water partition coefficient (Wildman–Crippen LogP) is 7.55. The third-order valence-corrected chi connectivity index (χ3v) is 6.84. The quantitative estimate of drug-likeness (QED) is 0.236. The summed E-state index contributed by atoms with van der Waals surface area (Å²) in [7, 11) is 0. The summed E-state index contributed by atoms with van der Waals surface area (Å²) in [5.41, 5.74) is 6.56. The Hall–Kier alpha value is -4.61. The molecule has 0 amide bonds. The molecule has 2 aromatic heterocycles. The molecule has 0 aliphatic carbocycles. The van der Waals surface area contributed by atoms with Gasteiger partial charge in [0.15, 0.2) is 10.4 Å². The van der Waals surface area contributed by atoms with E-state index < -0.39 is 0 Å². The molecule has 0 bridgehead atoms. The third-order valence-electron chi connectivity index (χ3n) is 6.47. The van der Waals surface area contributed by atoms with Crippen molar-refractivity contribution in [3.8, 4) is 33.8 Å². The van der Waals surface area contributed by atoms with E-state index >= 15 is 0 Å². The number of aromatic nitrogens is 3. The van der Waals surface area contributed by atoms with Crippen LogP contribution in [0.5, 0.6) is 0 Å². The highest BCUT2D eigenvalue weighted by molar-refractivity contribution is 7.71. The number of aryl methyl sites for hydroxylation is 1. The van der Waals surface area contributed by atoms with Gasteiger partial charge < -0.3 is 0 Å². The van der Waals surface area contributed by atoms with Crippen LogP contribution in [0.15, 0.2) is 126 Å². The molecule has 178 valence electrons. The summed E-state index contributed by atoms with van der Waals surface area (Å²) in [6.45, 7) is 2.05. The van der Waals surface area contributed by atoms with Gasteiger partial charge in [-0.3, -0.25) is 13.9 Å². The van der Waals surface area contributed by atoms with Gasteiger partial charge in [0.2, 0.25) is 0 Å². The number of pyridine rings is 1. The molecule has 0 saturated heterocycles. The van der Waals surface area contributed by atoms with Gasteiger partial charge in [-0.05, 0) is 55.0 Å². The largest absolute Gasteiger partial charge is 0.270 e. The first-order chi connectivity index (χ1) is 18.1. The van der Waals surface area contributed by atoms with E-state index in [0.29, 0.717) is 21.5 Å². The maximum atomic E-state index is 14.3. The van der Waals surface area contributed by atoms with Gasteiger partial charge in [-0.2, -0.15) is 0 Å². The second-order valence-corrected chi connectivity index (χ2v) is 9.28. The van der Waals surface area contributed by atoms with Crippen molar-refractivity contribution in [1.82, 2.24) is 14.1 Å². The lowest BCUT2D eigenvalue weighted by molar-refractivity contribution is 0.866. The van der Waals surface area contributed by atoms with E-state index in [1.165, 1.54) is 0 Å². The molecule has 0 atom stereocenters. The number of hydrogen-bond donors (Lipinski definition) is 0. The van der Waals surface area contributed by atoms with E-state index in [0.717, 1.165) is 33.6 Å². The molecule has 0 unspecified atom stereocenters. The van der Waals surface area contributed by atoms with Crippen molar-refractivity contribution in [1.29, 1.82) is 0 Å². The molecule has 5 heteroatoms. The Morgan fingerprint density at radius 3 is 1.78 bits per heavy atom. The highest BCUT2D eigenvalue weighted by Gasteiger charge is 2.20. The molecular formula is C32H23N3OS. The minimum Gasteiger partial charge on any atom is -0.270 e. The Morgan fingerprint density at radius 1 is 0.649 bits per heavy atom. The summed E-state index contributed by atoms with van der Waals surface area (Å²) < 4.78 is 3.87. The van der Waals surface area contributed by atoms with E-state index in [1.807, 2.05) is 102 Å². The number of rotatable bonds is 4. The fourth-order valence-electron chi connectivity index (χ4n) is 4.63. The molecule has 4 aromatic carbocycles. The third kappa shape index (κ3) is 4.09. The monoisotopic (exact) mass is 497 g/mol. The van der Waals surface area contributed by atoms with Crippen molar-refractivity contribution in [2.45, 2.75) is 6.92 Å². The fraction of sp³-hybridized carbons (Fsp3) is 0.0312. The summed E-state index contributed by atoms with van der Waals surface area (Å²) in [5.74, 6) is 0. The van der Waals surface area contributed by atoms with Crippen LogP contribution in [0, 0.1) is 11.7 Å². The highest BCUT2D eigenvalue weighted by Crippen LogP contribution is 2.32. The average Bonchev–Trinajstić information content (AvgIpc) is 2.94. The Kier molecular flexibility index (Phi) is 5.83. The lowest BCUT2D eigenvalue weighted by Crippen LogP contribution is -2.25. The zero-order chi connectivity index (χ0) is 25.4. The molecule has 6 rings (SSSR count). The number of nitrogens with zero attached hydrogens (tertiary/aromatic N) is 3. The van der Waals surface area contributed by atoms with Crippen molar-refractivity contribution in [3.05, 3.63) is 142 Å². The first-order valence-electron chi connectivity index (χ1n) is 12.1. The molecule has 4 nitrogen and oxygen atoms in total. The Labute approximate surface area is 219 Å². The van der Waals surface area contributed by atoms with Crippen LogP contribution in [0.4, 0.5) is 0 Å². The van der Waals surface area contributed by atoms with Crippen LogP contribution in [0.3, 0.4) is 0 Å². The van der Waals surface area contributed by atoms with Crippen molar-refractivity contribution in [2.24, 2.45) is 0 Å². The average molecular weight is 498 g/mol. The maximum Gasteiger partial charge on any atom is 0.269 e. The molecule has 0 spiro atoms. The molecular weight excluding hydrogens is 474 g/mol. The van der Waals surface area contributed by atoms with Gasteiger partial charge >= 0.3 is 0 Å². The van der Waals surface area contributed by atoms with Crippen molar-refractivity contribution in [3.63, 3.8) is 0 Å². The Morgan fingerprint density at radius 2 is 1.19 bits per heavy atom. The van der Waals surface area contributed by atoms with E-state index in [1.54, 1.807) is 4.57 Å². The first kappa shape index (κ1) is 22.8. The van der Waals surface area contributed by atoms with E-state index in [4.69, 9.17) is 17.2 Å². The number of fused-ring (bicyclic) bond motifs is 1. The summed E-state index contributed by atoms with van der Waals surface area (Å²) in [6, 6.07) is 39.7. The Bertz CT molecular complexity index is 1840. The van der Waals surface area contributed by atoms with Crippen LogP contribution in [0.1, 0.15) is 5.56 Å². The van der Waals surface area contributed by atoms with Gasteiger partial charge in [-0.25, -0.2) is 4.98 Å². The van der Waals surface area contributed by atoms with Crippen molar-refractivity contribution < 1.29 is 0 Å². The molecule has 0 aliphatic heterocycles. The van der Waals surface area contributed by atoms with Crippen LogP contribution < -0.4 is 5.56 Å². The number of hydrogen-bond acceptors (Lipinski definition) is 3. The molecule has 6 aromatic rings. The van der Waals surface area contributed by atoms with Crippen LogP contribution in [0.25, 0.3) is 44.8 Å². The zero-order valence-electron chi connectivity index (χ0n) is 20.2. The van der Waals surface area contributed by atoms with Crippen LogP contribution in [-0.4, -0.2) is 14.1 Å². The van der Waals surface area contributed by atoms with Gasteiger partial charge in [-0.15, -0.1) is 0 Å². The highest BCUT2D eigenvalue weighted by atomic mass is 32.1. The topological polar surface area (TPSA) is 39.8 Å². The second kappa shape index (κ2) is 9.45. The Balaban J connectivity index is 1.83. The van der Waals surface area contributed by atoms with Gasteiger partial charge in [-0.1, -0.05) is 96.6 Å². The smallest absolute Gasteiger partial charge is 0.269 e. The van der Waals surface area contributed by atoms with Gasteiger partial charge in [0, 0.05) is 16.8 Å². The molecule has 37 heavy (non-hydrogen) atoms. The lowest BCUT2D eigenvalue weighted by atomic mass is 9.99. The molecule has 0 N–H and O–H groups in total. The second-order valence-electron chi connectivity index (χ2n) is 8.92. The molecule has 0 fully saturated rings. The fourth-order valence-corrected chi connectivity index (χ4v) is 5.01. The van der Waals surface area contributed by atoms with Crippen LogP contribution >= 0.6 is 12.2 Å². The molecule has 0 radical (unpaired) electrons. The summed E-state index contributed by atoms with van der Waals surface area (Å²) in [5, 5.41) is 0.518. The number of benzene rings is 4.